The average Bonchev–Trinajstić information content (AvgIpc) is 2.05. The van der Waals surface area contributed by atoms with Crippen LogP contribution in [0.1, 0.15) is 11.7 Å². The molecule has 0 spiro atoms. The Morgan fingerprint density at radius 2 is 2.09 bits per heavy atom. The molecule has 60 valence electrons. The van der Waals surface area contributed by atoms with Crippen molar-refractivity contribution in [3.63, 3.8) is 0 Å². The van der Waals surface area contributed by atoms with E-state index in [4.69, 9.17) is 5.73 Å². The van der Waals surface area contributed by atoms with Gasteiger partial charge < -0.3 is 5.73 Å². The molecule has 1 aromatic heterocycles. The van der Waals surface area contributed by atoms with E-state index in [2.05, 4.69) is 4.98 Å². The first-order valence-electron chi connectivity index (χ1n) is 3.16. The van der Waals surface area contributed by atoms with E-state index in [0.717, 1.165) is 0 Å². The molecule has 0 radical (unpaired) electrons. The van der Waals surface area contributed by atoms with Crippen molar-refractivity contribution in [2.45, 2.75) is 12.5 Å². The molecule has 1 rings (SSSR count). The van der Waals surface area contributed by atoms with E-state index in [-0.39, 0.29) is 5.69 Å². The Balaban J connectivity index is 2.77. The molecule has 2 N–H and O–H groups in total. The van der Waals surface area contributed by atoms with E-state index in [1.807, 2.05) is 0 Å². The van der Waals surface area contributed by atoms with Crippen LogP contribution < -0.4 is 5.73 Å². The van der Waals surface area contributed by atoms with E-state index in [9.17, 15) is 8.78 Å². The molecular weight excluding hydrogens is 150 g/mol. The fourth-order valence-corrected chi connectivity index (χ4v) is 0.702. The number of alkyl halides is 2. The second-order valence-electron chi connectivity index (χ2n) is 2.11. The van der Waals surface area contributed by atoms with Gasteiger partial charge in [-0.05, 0) is 12.1 Å². The zero-order valence-corrected chi connectivity index (χ0v) is 5.74. The molecule has 0 saturated carbocycles. The molecule has 11 heavy (non-hydrogen) atoms. The summed E-state index contributed by atoms with van der Waals surface area (Å²) >= 11 is 0. The van der Waals surface area contributed by atoms with Gasteiger partial charge in [-0.2, -0.15) is 0 Å². The molecule has 0 unspecified atom stereocenters. The quantitative estimate of drug-likeness (QED) is 0.705. The Bertz CT molecular complexity index is 213. The van der Waals surface area contributed by atoms with Gasteiger partial charge in [0.2, 0.25) is 0 Å². The largest absolute Gasteiger partial charge is 0.318 e. The molecule has 0 amide bonds. The topological polar surface area (TPSA) is 38.9 Å². The van der Waals surface area contributed by atoms with Crippen LogP contribution in [-0.4, -0.2) is 11.4 Å². The molecule has 0 fully saturated rings. The third-order valence-electron chi connectivity index (χ3n) is 1.30. The molecule has 4 heteroatoms. The Kier molecular flexibility index (Phi) is 2.48. The van der Waals surface area contributed by atoms with Crippen LogP contribution in [0.15, 0.2) is 24.4 Å². The molecular formula is C7H8F2N2. The monoisotopic (exact) mass is 158 g/mol. The second kappa shape index (κ2) is 3.39. The van der Waals surface area contributed by atoms with Crippen molar-refractivity contribution in [3.05, 3.63) is 30.1 Å². The van der Waals surface area contributed by atoms with Crippen molar-refractivity contribution < 1.29 is 8.78 Å². The molecule has 0 aliphatic carbocycles. The van der Waals surface area contributed by atoms with Gasteiger partial charge in [-0.15, -0.1) is 0 Å². The maximum Gasteiger partial charge on any atom is 0.259 e. The summed E-state index contributed by atoms with van der Waals surface area (Å²) in [6.07, 6.45) is -1.11. The van der Waals surface area contributed by atoms with Crippen LogP contribution in [0.5, 0.6) is 0 Å². The predicted molar refractivity (Wildman–Crippen MR) is 37.2 cm³/mol. The first-order chi connectivity index (χ1) is 5.22. The van der Waals surface area contributed by atoms with E-state index in [1.165, 1.54) is 12.3 Å². The summed E-state index contributed by atoms with van der Waals surface area (Å²) in [4.78, 5) is 3.69. The van der Waals surface area contributed by atoms with Crippen molar-refractivity contribution in [1.29, 1.82) is 0 Å². The summed E-state index contributed by atoms with van der Waals surface area (Å²) in [5.41, 5.74) is 5.35. The summed E-state index contributed by atoms with van der Waals surface area (Å²) in [7, 11) is 0. The fraction of sp³-hybridized carbons (Fsp3) is 0.286. The van der Waals surface area contributed by atoms with Crippen molar-refractivity contribution >= 4 is 0 Å². The molecule has 1 aromatic rings. The van der Waals surface area contributed by atoms with Crippen LogP contribution in [0, 0.1) is 0 Å². The third kappa shape index (κ3) is 1.94. The van der Waals surface area contributed by atoms with Gasteiger partial charge in [-0.1, -0.05) is 6.07 Å². The summed E-state index contributed by atoms with van der Waals surface area (Å²) < 4.78 is 23.9. The number of hydrogen-bond acceptors (Lipinski definition) is 2. The van der Waals surface area contributed by atoms with Gasteiger partial charge in [0.15, 0.2) is 0 Å². The number of nitrogens with two attached hydrogens (primary N) is 1. The predicted octanol–water partition coefficient (Wildman–Crippen LogP) is 1.35. The standard InChI is InChI=1S/C7H8F2N2/c8-7(9)6(10)5-3-1-2-4-11-5/h1-4,6-7H,10H2/t6-/m1/s1. The first-order valence-corrected chi connectivity index (χ1v) is 3.16. The Labute approximate surface area is 63.1 Å². The maximum absolute atomic E-state index is 11.9. The van der Waals surface area contributed by atoms with Crippen molar-refractivity contribution in [3.8, 4) is 0 Å². The molecule has 0 bridgehead atoms. The molecule has 1 heterocycles. The van der Waals surface area contributed by atoms with Crippen molar-refractivity contribution in [2.24, 2.45) is 5.73 Å². The van der Waals surface area contributed by atoms with Crippen LogP contribution in [0.4, 0.5) is 8.78 Å². The number of aromatic nitrogens is 1. The minimum atomic E-state index is -2.55. The summed E-state index contributed by atoms with van der Waals surface area (Å²) in [6.45, 7) is 0. The zero-order valence-electron chi connectivity index (χ0n) is 5.74. The van der Waals surface area contributed by atoms with Crippen LogP contribution in [0.25, 0.3) is 0 Å². The van der Waals surface area contributed by atoms with Crippen LogP contribution >= 0.6 is 0 Å². The van der Waals surface area contributed by atoms with E-state index < -0.39 is 12.5 Å². The van der Waals surface area contributed by atoms with Crippen LogP contribution in [0.2, 0.25) is 0 Å². The zero-order chi connectivity index (χ0) is 8.27. The SMILES string of the molecule is N[C@H](c1ccccn1)C(F)F. The highest BCUT2D eigenvalue weighted by molar-refractivity contribution is 5.08. The number of rotatable bonds is 2. The highest BCUT2D eigenvalue weighted by Crippen LogP contribution is 2.14. The Hall–Kier alpha value is -1.03. The fourth-order valence-electron chi connectivity index (χ4n) is 0.702. The minimum absolute atomic E-state index is 0.225. The minimum Gasteiger partial charge on any atom is -0.318 e. The summed E-state index contributed by atoms with van der Waals surface area (Å²) in [6, 6.07) is 3.50. The van der Waals surface area contributed by atoms with Gasteiger partial charge >= 0.3 is 0 Å². The van der Waals surface area contributed by atoms with E-state index in [0.29, 0.717) is 0 Å². The van der Waals surface area contributed by atoms with E-state index in [1.54, 1.807) is 12.1 Å². The number of pyridine rings is 1. The third-order valence-corrected chi connectivity index (χ3v) is 1.30. The van der Waals surface area contributed by atoms with Gasteiger partial charge in [-0.25, -0.2) is 8.78 Å². The lowest BCUT2D eigenvalue weighted by Crippen LogP contribution is -2.19. The Morgan fingerprint density at radius 1 is 1.36 bits per heavy atom. The number of nitrogens with zero attached hydrogens (tertiary/aromatic N) is 1. The number of halogens is 2. The van der Waals surface area contributed by atoms with Gasteiger partial charge in [0.1, 0.15) is 6.04 Å². The normalized spacial score (nSPS) is 13.5. The number of hydrogen-bond donors (Lipinski definition) is 1. The average molecular weight is 158 g/mol. The molecule has 0 aliphatic heterocycles. The molecule has 0 saturated heterocycles. The van der Waals surface area contributed by atoms with Gasteiger partial charge in [0, 0.05) is 6.20 Å². The van der Waals surface area contributed by atoms with Crippen molar-refractivity contribution in [1.82, 2.24) is 4.98 Å². The van der Waals surface area contributed by atoms with E-state index >= 15 is 0 Å². The van der Waals surface area contributed by atoms with Gasteiger partial charge in [0.05, 0.1) is 5.69 Å². The van der Waals surface area contributed by atoms with Gasteiger partial charge in [-0.3, -0.25) is 4.98 Å². The van der Waals surface area contributed by atoms with Crippen LogP contribution in [0.3, 0.4) is 0 Å². The lowest BCUT2D eigenvalue weighted by atomic mass is 10.2. The molecule has 0 aromatic carbocycles. The Morgan fingerprint density at radius 3 is 2.55 bits per heavy atom. The maximum atomic E-state index is 11.9. The molecule has 1 atom stereocenters. The van der Waals surface area contributed by atoms with Crippen molar-refractivity contribution in [2.75, 3.05) is 0 Å². The second-order valence-corrected chi connectivity index (χ2v) is 2.11. The highest BCUT2D eigenvalue weighted by atomic mass is 19.3. The molecule has 2 nitrogen and oxygen atoms in total. The van der Waals surface area contributed by atoms with Crippen LogP contribution in [-0.2, 0) is 0 Å². The smallest absolute Gasteiger partial charge is 0.259 e. The first kappa shape index (κ1) is 8.07. The summed E-state index contributed by atoms with van der Waals surface area (Å²) in [5.74, 6) is 0. The lowest BCUT2D eigenvalue weighted by molar-refractivity contribution is 0.114. The highest BCUT2D eigenvalue weighted by Gasteiger charge is 2.17. The molecule has 0 aliphatic rings. The summed E-state index contributed by atoms with van der Waals surface area (Å²) in [5, 5.41) is 0. The lowest BCUT2D eigenvalue weighted by Gasteiger charge is -2.07. The van der Waals surface area contributed by atoms with Gasteiger partial charge in [0.25, 0.3) is 6.43 Å².